The van der Waals surface area contributed by atoms with Gasteiger partial charge in [-0.2, -0.15) is 0 Å². The molecule has 1 saturated heterocycles. The van der Waals surface area contributed by atoms with Crippen molar-refractivity contribution in [1.29, 1.82) is 0 Å². The summed E-state index contributed by atoms with van der Waals surface area (Å²) in [6, 6.07) is 5.64. The van der Waals surface area contributed by atoms with Crippen molar-refractivity contribution in [3.8, 4) is 0 Å². The molecule has 0 aliphatic carbocycles. The van der Waals surface area contributed by atoms with Crippen molar-refractivity contribution < 1.29 is 9.59 Å². The van der Waals surface area contributed by atoms with Gasteiger partial charge in [0, 0.05) is 18.5 Å². The summed E-state index contributed by atoms with van der Waals surface area (Å²) >= 11 is 1.42. The van der Waals surface area contributed by atoms with Crippen molar-refractivity contribution in [1.82, 2.24) is 10.3 Å². The molecule has 0 radical (unpaired) electrons. The molecule has 1 aliphatic heterocycles. The van der Waals surface area contributed by atoms with Crippen LogP contribution in [0.2, 0.25) is 0 Å². The molecule has 2 aromatic rings. The number of nitrogens with one attached hydrogen (secondary N) is 3. The Bertz CT molecular complexity index is 759. The molecule has 1 fully saturated rings. The van der Waals surface area contributed by atoms with Gasteiger partial charge in [0.05, 0.1) is 10.2 Å². The van der Waals surface area contributed by atoms with E-state index in [9.17, 15) is 9.59 Å². The Morgan fingerprint density at radius 1 is 1.27 bits per heavy atom. The first-order chi connectivity index (χ1) is 12.1. The van der Waals surface area contributed by atoms with Gasteiger partial charge in [-0.05, 0) is 56.5 Å². The number of amides is 2. The first-order valence-corrected chi connectivity index (χ1v) is 9.66. The Labute approximate surface area is 163 Å². The number of benzene rings is 1. The third-order valence-corrected chi connectivity index (χ3v) is 5.27. The Morgan fingerprint density at radius 3 is 2.81 bits per heavy atom. The van der Waals surface area contributed by atoms with Gasteiger partial charge in [0.1, 0.15) is 0 Å². The van der Waals surface area contributed by atoms with E-state index in [2.05, 4.69) is 20.9 Å². The van der Waals surface area contributed by atoms with Crippen LogP contribution in [0.5, 0.6) is 0 Å². The van der Waals surface area contributed by atoms with E-state index in [1.54, 1.807) is 0 Å². The number of fused-ring (bicyclic) bond motifs is 1. The molecule has 1 aromatic carbocycles. The number of carbonyl (C=O) groups is 2. The Balaban J connectivity index is 0.00000243. The van der Waals surface area contributed by atoms with Crippen molar-refractivity contribution in [3.63, 3.8) is 0 Å². The molecule has 8 heteroatoms. The third-order valence-electron chi connectivity index (χ3n) is 4.34. The maximum absolute atomic E-state index is 12.1. The van der Waals surface area contributed by atoms with Crippen molar-refractivity contribution >= 4 is 56.6 Å². The number of halogens is 1. The smallest absolute Gasteiger partial charge is 0.226 e. The van der Waals surface area contributed by atoms with Gasteiger partial charge in [0.2, 0.25) is 11.8 Å². The molecule has 0 saturated carbocycles. The van der Waals surface area contributed by atoms with Crippen LogP contribution in [0.15, 0.2) is 18.2 Å². The van der Waals surface area contributed by atoms with E-state index in [0.717, 1.165) is 48.3 Å². The zero-order valence-electron chi connectivity index (χ0n) is 14.8. The molecule has 0 bridgehead atoms. The SMILES string of the molecule is CCCC(=O)Nc1nc2ccc(NC(=O)CCC3CCNC3)cc2s1.Cl. The lowest BCUT2D eigenvalue weighted by molar-refractivity contribution is -0.117. The van der Waals surface area contributed by atoms with E-state index in [-0.39, 0.29) is 24.2 Å². The summed E-state index contributed by atoms with van der Waals surface area (Å²) in [5, 5.41) is 9.70. The fourth-order valence-electron chi connectivity index (χ4n) is 2.98. The van der Waals surface area contributed by atoms with Crippen LogP contribution < -0.4 is 16.0 Å². The van der Waals surface area contributed by atoms with Crippen LogP contribution in [-0.2, 0) is 9.59 Å². The highest BCUT2D eigenvalue weighted by atomic mass is 35.5. The molecule has 26 heavy (non-hydrogen) atoms. The summed E-state index contributed by atoms with van der Waals surface area (Å²) in [4.78, 5) is 28.2. The summed E-state index contributed by atoms with van der Waals surface area (Å²) < 4.78 is 0.949. The quantitative estimate of drug-likeness (QED) is 0.665. The summed E-state index contributed by atoms with van der Waals surface area (Å²) in [6.45, 7) is 4.05. The minimum Gasteiger partial charge on any atom is -0.326 e. The largest absolute Gasteiger partial charge is 0.326 e. The second kappa shape index (κ2) is 9.85. The van der Waals surface area contributed by atoms with Crippen molar-refractivity contribution in [2.75, 3.05) is 23.7 Å². The van der Waals surface area contributed by atoms with Gasteiger partial charge in [-0.1, -0.05) is 18.3 Å². The van der Waals surface area contributed by atoms with Crippen molar-refractivity contribution in [2.45, 2.75) is 39.0 Å². The number of thiazole rings is 1. The molecule has 2 amide bonds. The van der Waals surface area contributed by atoms with Crippen LogP contribution >= 0.6 is 23.7 Å². The minimum absolute atomic E-state index is 0. The Hall–Kier alpha value is -1.70. The first-order valence-electron chi connectivity index (χ1n) is 8.85. The first kappa shape index (κ1) is 20.6. The molecule has 1 aliphatic rings. The summed E-state index contributed by atoms with van der Waals surface area (Å²) in [6.07, 6.45) is 3.94. The predicted octanol–water partition coefficient (Wildman–Crippen LogP) is 3.78. The van der Waals surface area contributed by atoms with E-state index in [1.165, 1.54) is 11.3 Å². The van der Waals surface area contributed by atoms with Crippen molar-refractivity contribution in [2.24, 2.45) is 5.92 Å². The van der Waals surface area contributed by atoms with Gasteiger partial charge >= 0.3 is 0 Å². The molecular weight excluding hydrogens is 372 g/mol. The Kier molecular flexibility index (Phi) is 7.81. The molecular formula is C18H25ClN4O2S. The maximum atomic E-state index is 12.1. The number of hydrogen-bond acceptors (Lipinski definition) is 5. The maximum Gasteiger partial charge on any atom is 0.226 e. The lowest BCUT2D eigenvalue weighted by Crippen LogP contribution is -2.14. The lowest BCUT2D eigenvalue weighted by atomic mass is 10.0. The average molecular weight is 397 g/mol. The van der Waals surface area contributed by atoms with E-state index in [4.69, 9.17) is 0 Å². The van der Waals surface area contributed by atoms with Gasteiger partial charge in [-0.15, -0.1) is 12.4 Å². The highest BCUT2D eigenvalue weighted by Crippen LogP contribution is 2.28. The van der Waals surface area contributed by atoms with E-state index >= 15 is 0 Å². The van der Waals surface area contributed by atoms with Gasteiger partial charge in [-0.3, -0.25) is 9.59 Å². The number of hydrogen-bond donors (Lipinski definition) is 3. The molecule has 2 heterocycles. The topological polar surface area (TPSA) is 83.1 Å². The predicted molar refractivity (Wildman–Crippen MR) is 109 cm³/mol. The van der Waals surface area contributed by atoms with Crippen molar-refractivity contribution in [3.05, 3.63) is 18.2 Å². The van der Waals surface area contributed by atoms with Crippen LogP contribution in [-0.4, -0.2) is 29.9 Å². The van der Waals surface area contributed by atoms with E-state index < -0.39 is 0 Å². The monoisotopic (exact) mass is 396 g/mol. The fourth-order valence-corrected chi connectivity index (χ4v) is 3.91. The lowest BCUT2D eigenvalue weighted by Gasteiger charge is -2.08. The summed E-state index contributed by atoms with van der Waals surface area (Å²) in [5.41, 5.74) is 1.60. The molecule has 3 rings (SSSR count). The van der Waals surface area contributed by atoms with Gasteiger partial charge in [0.15, 0.2) is 5.13 Å². The molecule has 1 aromatic heterocycles. The highest BCUT2D eigenvalue weighted by molar-refractivity contribution is 7.22. The zero-order valence-corrected chi connectivity index (χ0v) is 16.5. The standard InChI is InChI=1S/C18H24N4O2S.ClH/c1-2-3-16(23)22-18-21-14-6-5-13(10-15(14)25-18)20-17(24)7-4-12-8-9-19-11-12;/h5-6,10,12,19H,2-4,7-9,11H2,1H3,(H,20,24)(H,21,22,23);1H. The van der Waals surface area contributed by atoms with Crippen LogP contribution in [0.25, 0.3) is 10.2 Å². The fraction of sp³-hybridized carbons (Fsp3) is 0.500. The summed E-state index contributed by atoms with van der Waals surface area (Å²) in [7, 11) is 0. The van der Waals surface area contributed by atoms with Gasteiger partial charge in [-0.25, -0.2) is 4.98 Å². The summed E-state index contributed by atoms with van der Waals surface area (Å²) in [5.74, 6) is 0.646. The second-order valence-corrected chi connectivity index (χ2v) is 7.48. The number of rotatable bonds is 7. The molecule has 6 nitrogen and oxygen atoms in total. The van der Waals surface area contributed by atoms with Gasteiger partial charge < -0.3 is 16.0 Å². The molecule has 0 spiro atoms. The van der Waals surface area contributed by atoms with Crippen LogP contribution in [0, 0.1) is 5.92 Å². The van der Waals surface area contributed by atoms with Crippen LogP contribution in [0.3, 0.4) is 0 Å². The molecule has 1 unspecified atom stereocenters. The van der Waals surface area contributed by atoms with Crippen LogP contribution in [0.4, 0.5) is 10.8 Å². The Morgan fingerprint density at radius 2 is 2.08 bits per heavy atom. The zero-order chi connectivity index (χ0) is 17.6. The number of carbonyl (C=O) groups excluding carboxylic acids is 2. The number of anilines is 2. The number of nitrogens with zero attached hydrogens (tertiary/aromatic N) is 1. The third kappa shape index (κ3) is 5.65. The minimum atomic E-state index is -0.0171. The molecule has 1 atom stereocenters. The molecule has 3 N–H and O–H groups in total. The average Bonchev–Trinajstić information content (AvgIpc) is 3.21. The normalized spacial score (nSPS) is 16.3. The molecule has 142 valence electrons. The van der Waals surface area contributed by atoms with E-state index in [1.807, 2.05) is 25.1 Å². The van der Waals surface area contributed by atoms with Gasteiger partial charge in [0.25, 0.3) is 0 Å². The number of aromatic nitrogens is 1. The van der Waals surface area contributed by atoms with Crippen LogP contribution in [0.1, 0.15) is 39.0 Å². The second-order valence-electron chi connectivity index (χ2n) is 6.45. The van der Waals surface area contributed by atoms with E-state index in [0.29, 0.717) is 23.9 Å². The highest BCUT2D eigenvalue weighted by Gasteiger charge is 2.16.